The normalized spacial score (nSPS) is 16.6. The highest BCUT2D eigenvalue weighted by Crippen LogP contribution is 2.15. The summed E-state index contributed by atoms with van der Waals surface area (Å²) in [6.45, 7) is 4.72. The highest BCUT2D eigenvalue weighted by atomic mass is 32.2. The topological polar surface area (TPSA) is 89.3 Å². The number of rotatable bonds is 7. The van der Waals surface area contributed by atoms with Crippen molar-refractivity contribution >= 4 is 20.8 Å². The molecule has 0 radical (unpaired) electrons. The first-order valence-electron chi connectivity index (χ1n) is 6.40. The van der Waals surface area contributed by atoms with Crippen molar-refractivity contribution in [3.63, 3.8) is 0 Å². The molecule has 1 aromatic rings. The fraction of sp³-hybridized carbons (Fsp3) is 0.538. The highest BCUT2D eigenvalue weighted by Gasteiger charge is 2.11. The van der Waals surface area contributed by atoms with Crippen molar-refractivity contribution in [1.29, 1.82) is 0 Å². The van der Waals surface area contributed by atoms with Gasteiger partial charge in [-0.1, -0.05) is 19.1 Å². The van der Waals surface area contributed by atoms with E-state index in [1.807, 2.05) is 13.8 Å². The highest BCUT2D eigenvalue weighted by molar-refractivity contribution is 7.89. The Bertz CT molecular complexity index is 555. The van der Waals surface area contributed by atoms with Gasteiger partial charge in [0.15, 0.2) is 0 Å². The smallest absolute Gasteiger partial charge is 0.238 e. The minimum atomic E-state index is -3.64. The van der Waals surface area contributed by atoms with Gasteiger partial charge in [-0.25, -0.2) is 13.6 Å². The number of sulfonamides is 1. The molecule has 0 saturated heterocycles. The maximum absolute atomic E-state index is 11.2. The Labute approximate surface area is 123 Å². The molecule has 0 aliphatic heterocycles. The molecule has 0 aromatic heterocycles. The summed E-state index contributed by atoms with van der Waals surface area (Å²) in [5.74, 6) is 0. The van der Waals surface area contributed by atoms with E-state index >= 15 is 0 Å². The van der Waals surface area contributed by atoms with Crippen LogP contribution in [0.1, 0.15) is 31.9 Å². The van der Waals surface area contributed by atoms with Crippen LogP contribution in [0.5, 0.6) is 0 Å². The molecule has 1 rings (SSSR count). The standard InChI is InChI=1S/C13H22N2O3S2/c1-10(19(3)16)8-9-15-11(2)12-4-6-13(7-5-12)20(14,17)18/h4-7,10-11,15H,8-9H2,1-3H3,(H2,14,17,18). The maximum Gasteiger partial charge on any atom is 0.238 e. The predicted molar refractivity (Wildman–Crippen MR) is 82.4 cm³/mol. The minimum absolute atomic E-state index is 0.0991. The molecule has 7 heteroatoms. The molecule has 20 heavy (non-hydrogen) atoms. The molecule has 0 aliphatic rings. The van der Waals surface area contributed by atoms with E-state index in [1.165, 1.54) is 12.1 Å². The zero-order chi connectivity index (χ0) is 15.3. The van der Waals surface area contributed by atoms with Crippen LogP contribution in [0, 0.1) is 0 Å². The predicted octanol–water partition coefficient (Wildman–Crippen LogP) is 1.14. The Morgan fingerprint density at radius 2 is 1.80 bits per heavy atom. The van der Waals surface area contributed by atoms with Crippen LogP contribution < -0.4 is 10.5 Å². The average molecular weight is 318 g/mol. The SMILES string of the molecule is CC(NCCC(C)S(C)=O)c1ccc(S(N)(=O)=O)cc1. The second-order valence-corrected chi connectivity index (χ2v) is 8.25. The second kappa shape index (κ2) is 7.31. The molecule has 0 bridgehead atoms. The van der Waals surface area contributed by atoms with Crippen LogP contribution in [0.25, 0.3) is 0 Å². The zero-order valence-electron chi connectivity index (χ0n) is 12.0. The largest absolute Gasteiger partial charge is 0.310 e. The number of hydrogen-bond acceptors (Lipinski definition) is 4. The summed E-state index contributed by atoms with van der Waals surface area (Å²) in [7, 11) is -4.44. The molecule has 0 spiro atoms. The van der Waals surface area contributed by atoms with Gasteiger partial charge in [0.1, 0.15) is 0 Å². The third kappa shape index (κ3) is 5.32. The van der Waals surface area contributed by atoms with Crippen molar-refractivity contribution in [2.45, 2.75) is 36.5 Å². The van der Waals surface area contributed by atoms with Gasteiger partial charge in [-0.2, -0.15) is 0 Å². The van der Waals surface area contributed by atoms with E-state index < -0.39 is 20.8 Å². The Morgan fingerprint density at radius 1 is 1.25 bits per heavy atom. The summed E-state index contributed by atoms with van der Waals surface area (Å²) in [6, 6.07) is 6.61. The molecule has 3 N–H and O–H groups in total. The van der Waals surface area contributed by atoms with Gasteiger partial charge in [0.05, 0.1) is 4.90 Å². The first-order valence-corrected chi connectivity index (χ1v) is 9.57. The van der Waals surface area contributed by atoms with Crippen LogP contribution in [0.4, 0.5) is 0 Å². The number of hydrogen-bond donors (Lipinski definition) is 2. The van der Waals surface area contributed by atoms with E-state index in [1.54, 1.807) is 18.4 Å². The fourth-order valence-electron chi connectivity index (χ4n) is 1.73. The summed E-state index contributed by atoms with van der Waals surface area (Å²) in [4.78, 5) is 0.114. The molecule has 5 nitrogen and oxygen atoms in total. The lowest BCUT2D eigenvalue weighted by atomic mass is 10.1. The number of benzene rings is 1. The summed E-state index contributed by atoms with van der Waals surface area (Å²) >= 11 is 0. The van der Waals surface area contributed by atoms with Crippen LogP contribution in [-0.4, -0.2) is 30.7 Å². The molecule has 0 fully saturated rings. The Balaban J connectivity index is 2.56. The molecule has 0 aliphatic carbocycles. The molecule has 114 valence electrons. The molecule has 0 saturated carbocycles. The van der Waals surface area contributed by atoms with Crippen LogP contribution in [0.2, 0.25) is 0 Å². The van der Waals surface area contributed by atoms with E-state index in [4.69, 9.17) is 5.14 Å². The van der Waals surface area contributed by atoms with E-state index in [0.717, 1.165) is 18.5 Å². The lowest BCUT2D eigenvalue weighted by Gasteiger charge is -2.16. The monoisotopic (exact) mass is 318 g/mol. The average Bonchev–Trinajstić information content (AvgIpc) is 2.37. The Morgan fingerprint density at radius 3 is 2.25 bits per heavy atom. The number of nitrogens with one attached hydrogen (secondary N) is 1. The molecular weight excluding hydrogens is 296 g/mol. The van der Waals surface area contributed by atoms with Crippen molar-refractivity contribution in [2.24, 2.45) is 5.14 Å². The lowest BCUT2D eigenvalue weighted by Crippen LogP contribution is -2.24. The summed E-state index contributed by atoms with van der Waals surface area (Å²) in [5.41, 5.74) is 0.989. The molecule has 0 heterocycles. The van der Waals surface area contributed by atoms with Gasteiger partial charge in [-0.05, 0) is 37.6 Å². The van der Waals surface area contributed by atoms with Crippen molar-refractivity contribution in [2.75, 3.05) is 12.8 Å². The Hall–Kier alpha value is -0.760. The van der Waals surface area contributed by atoms with E-state index in [9.17, 15) is 12.6 Å². The first kappa shape index (κ1) is 17.3. The summed E-state index contributed by atoms with van der Waals surface area (Å²) in [5, 5.41) is 8.55. The van der Waals surface area contributed by atoms with Crippen molar-refractivity contribution < 1.29 is 12.6 Å². The summed E-state index contributed by atoms with van der Waals surface area (Å²) in [6.07, 6.45) is 2.54. The van der Waals surface area contributed by atoms with Gasteiger partial charge in [-0.15, -0.1) is 0 Å². The number of primary sulfonamides is 1. The molecule has 3 unspecified atom stereocenters. The lowest BCUT2D eigenvalue weighted by molar-refractivity contribution is 0.553. The van der Waals surface area contributed by atoms with Gasteiger partial charge >= 0.3 is 0 Å². The molecule has 3 atom stereocenters. The Kier molecular flexibility index (Phi) is 6.32. The molecule has 1 aromatic carbocycles. The van der Waals surface area contributed by atoms with E-state index in [0.29, 0.717) is 0 Å². The van der Waals surface area contributed by atoms with Gasteiger partial charge in [0.2, 0.25) is 10.0 Å². The quantitative estimate of drug-likeness (QED) is 0.789. The second-order valence-electron chi connectivity index (χ2n) is 4.89. The molecule has 0 amide bonds. The molecular formula is C13H22N2O3S2. The van der Waals surface area contributed by atoms with Crippen molar-refractivity contribution in [3.8, 4) is 0 Å². The van der Waals surface area contributed by atoms with Gasteiger partial charge in [0.25, 0.3) is 0 Å². The first-order chi connectivity index (χ1) is 9.21. The van der Waals surface area contributed by atoms with Crippen LogP contribution in [0.15, 0.2) is 29.2 Å². The van der Waals surface area contributed by atoms with Gasteiger partial charge < -0.3 is 5.32 Å². The van der Waals surface area contributed by atoms with Crippen molar-refractivity contribution in [3.05, 3.63) is 29.8 Å². The third-order valence-electron chi connectivity index (χ3n) is 3.28. The van der Waals surface area contributed by atoms with Crippen LogP contribution in [-0.2, 0) is 20.8 Å². The fourth-order valence-corrected chi connectivity index (χ4v) is 2.70. The number of nitrogens with two attached hydrogens (primary N) is 1. The van der Waals surface area contributed by atoms with Gasteiger partial charge in [-0.3, -0.25) is 4.21 Å². The van der Waals surface area contributed by atoms with Crippen LogP contribution >= 0.6 is 0 Å². The zero-order valence-corrected chi connectivity index (χ0v) is 13.6. The van der Waals surface area contributed by atoms with Gasteiger partial charge in [0, 0.05) is 28.3 Å². The van der Waals surface area contributed by atoms with E-state index in [2.05, 4.69) is 5.32 Å². The van der Waals surface area contributed by atoms with Crippen LogP contribution in [0.3, 0.4) is 0 Å². The van der Waals surface area contributed by atoms with Crippen molar-refractivity contribution in [1.82, 2.24) is 5.32 Å². The summed E-state index contributed by atoms with van der Waals surface area (Å²) < 4.78 is 33.6. The maximum atomic E-state index is 11.2. The third-order valence-corrected chi connectivity index (χ3v) is 5.57. The van der Waals surface area contributed by atoms with E-state index in [-0.39, 0.29) is 16.2 Å². The minimum Gasteiger partial charge on any atom is -0.310 e.